The zero-order valence-corrected chi connectivity index (χ0v) is 11.9. The van der Waals surface area contributed by atoms with Gasteiger partial charge in [-0.1, -0.05) is 32.9 Å². The average molecular weight is 254 g/mol. The van der Waals surface area contributed by atoms with E-state index in [-0.39, 0.29) is 5.41 Å². The van der Waals surface area contributed by atoms with Crippen LogP contribution in [0, 0.1) is 0 Å². The highest BCUT2D eigenvalue weighted by Crippen LogP contribution is 2.38. The topological polar surface area (TPSA) is 43.4 Å². The number of carbonyl (C=O) groups excluding carboxylic acids is 1. The van der Waals surface area contributed by atoms with E-state index in [1.165, 1.54) is 13.3 Å². The smallest absolute Gasteiger partial charge is 0.368 e. The number of ether oxygens (including phenoxy) is 1. The lowest BCUT2D eigenvalue weighted by atomic mass is 9.87. The van der Waals surface area contributed by atoms with Gasteiger partial charge in [-0.3, -0.25) is 0 Å². The summed E-state index contributed by atoms with van der Waals surface area (Å²) in [5, 5.41) is 0. The molecule has 0 aliphatic carbocycles. The molecule has 4 heteroatoms. The van der Waals surface area contributed by atoms with Crippen LogP contribution >= 0.6 is 7.14 Å². The number of benzene rings is 1. The van der Waals surface area contributed by atoms with Crippen molar-refractivity contribution in [2.75, 3.05) is 13.3 Å². The summed E-state index contributed by atoms with van der Waals surface area (Å²) < 4.78 is 16.5. The first-order valence-electron chi connectivity index (χ1n) is 5.48. The molecule has 0 aromatic heterocycles. The standard InChI is InChI=1S/C13H19O3P/c1-13(2,3)10-6-8-11(9-7-10)16-12(14)17(4,5)15/h6-9H,1-5H3. The fraction of sp³-hybridized carbons (Fsp3) is 0.462. The second kappa shape index (κ2) is 4.66. The minimum atomic E-state index is -2.83. The fourth-order valence-electron chi connectivity index (χ4n) is 1.23. The summed E-state index contributed by atoms with van der Waals surface area (Å²) in [6.45, 7) is 9.14. The molecule has 0 spiro atoms. The lowest BCUT2D eigenvalue weighted by Crippen LogP contribution is -2.11. The number of carbonyl (C=O) groups is 1. The van der Waals surface area contributed by atoms with Gasteiger partial charge in [0.25, 0.3) is 0 Å². The normalized spacial score (nSPS) is 12.3. The van der Waals surface area contributed by atoms with Crippen molar-refractivity contribution in [3.05, 3.63) is 29.8 Å². The van der Waals surface area contributed by atoms with Crippen molar-refractivity contribution in [3.8, 4) is 5.75 Å². The van der Waals surface area contributed by atoms with Crippen molar-refractivity contribution in [1.82, 2.24) is 0 Å². The van der Waals surface area contributed by atoms with Crippen LogP contribution in [0.1, 0.15) is 26.3 Å². The van der Waals surface area contributed by atoms with Gasteiger partial charge in [-0.05, 0) is 36.4 Å². The van der Waals surface area contributed by atoms with E-state index in [0.29, 0.717) is 5.75 Å². The van der Waals surface area contributed by atoms with Crippen LogP contribution in [0.5, 0.6) is 5.75 Å². The van der Waals surface area contributed by atoms with E-state index < -0.39 is 12.9 Å². The lowest BCUT2D eigenvalue weighted by molar-refractivity contribution is 0.224. The first kappa shape index (κ1) is 14.0. The Hall–Kier alpha value is -1.08. The van der Waals surface area contributed by atoms with Crippen molar-refractivity contribution in [2.24, 2.45) is 0 Å². The molecular weight excluding hydrogens is 235 g/mol. The molecular formula is C13H19O3P. The van der Waals surface area contributed by atoms with Crippen LogP contribution in [-0.2, 0) is 9.98 Å². The van der Waals surface area contributed by atoms with Crippen molar-refractivity contribution in [3.63, 3.8) is 0 Å². The molecule has 0 saturated carbocycles. The summed E-state index contributed by atoms with van der Waals surface area (Å²) in [6, 6.07) is 7.29. The van der Waals surface area contributed by atoms with Gasteiger partial charge >= 0.3 is 5.71 Å². The van der Waals surface area contributed by atoms with Gasteiger partial charge in [-0.2, -0.15) is 0 Å². The molecule has 0 amide bonds. The average Bonchev–Trinajstić information content (AvgIpc) is 2.15. The van der Waals surface area contributed by atoms with E-state index in [0.717, 1.165) is 5.56 Å². The van der Waals surface area contributed by atoms with Crippen molar-refractivity contribution in [1.29, 1.82) is 0 Å². The summed E-state index contributed by atoms with van der Waals surface area (Å²) in [5.41, 5.74) is 0.572. The van der Waals surface area contributed by atoms with Gasteiger partial charge in [-0.15, -0.1) is 0 Å². The third kappa shape index (κ3) is 4.01. The highest BCUT2D eigenvalue weighted by molar-refractivity contribution is 7.78. The Kier molecular flexibility index (Phi) is 3.83. The van der Waals surface area contributed by atoms with E-state index >= 15 is 0 Å². The van der Waals surface area contributed by atoms with Crippen LogP contribution in [0.3, 0.4) is 0 Å². The van der Waals surface area contributed by atoms with Gasteiger partial charge in [0.1, 0.15) is 5.75 Å². The zero-order valence-electron chi connectivity index (χ0n) is 11.0. The highest BCUT2D eigenvalue weighted by atomic mass is 31.2. The molecule has 94 valence electrons. The summed E-state index contributed by atoms with van der Waals surface area (Å²) in [7, 11) is -2.83. The summed E-state index contributed by atoms with van der Waals surface area (Å²) in [6.07, 6.45) is 0. The van der Waals surface area contributed by atoms with Crippen molar-refractivity contribution < 1.29 is 14.1 Å². The molecule has 0 heterocycles. The molecule has 0 unspecified atom stereocenters. The maximum absolute atomic E-state index is 11.5. The highest BCUT2D eigenvalue weighted by Gasteiger charge is 2.22. The summed E-state index contributed by atoms with van der Waals surface area (Å²) in [5.74, 6) is 0.437. The maximum Gasteiger partial charge on any atom is 0.368 e. The largest absolute Gasteiger partial charge is 0.421 e. The Morgan fingerprint density at radius 1 is 1.12 bits per heavy atom. The Bertz CT molecular complexity index is 449. The van der Waals surface area contributed by atoms with Crippen LogP contribution in [0.4, 0.5) is 4.79 Å². The fourth-order valence-corrected chi connectivity index (χ4v) is 1.56. The number of hydrogen-bond acceptors (Lipinski definition) is 3. The van der Waals surface area contributed by atoms with Crippen LogP contribution in [0.15, 0.2) is 24.3 Å². The Morgan fingerprint density at radius 2 is 1.59 bits per heavy atom. The van der Waals surface area contributed by atoms with Crippen LogP contribution in [0.25, 0.3) is 0 Å². The third-order valence-electron chi connectivity index (χ3n) is 2.37. The quantitative estimate of drug-likeness (QED) is 0.746. The van der Waals surface area contributed by atoms with E-state index in [9.17, 15) is 9.36 Å². The molecule has 0 aliphatic rings. The van der Waals surface area contributed by atoms with Gasteiger partial charge in [0.15, 0.2) is 7.14 Å². The predicted octanol–water partition coefficient (Wildman–Crippen LogP) is 4.11. The zero-order chi connectivity index (χ0) is 13.3. The van der Waals surface area contributed by atoms with Crippen molar-refractivity contribution >= 4 is 12.9 Å². The molecule has 1 aromatic rings. The summed E-state index contributed by atoms with van der Waals surface area (Å²) >= 11 is 0. The molecule has 0 saturated heterocycles. The maximum atomic E-state index is 11.5. The Balaban J connectivity index is 2.83. The molecule has 3 nitrogen and oxygen atoms in total. The van der Waals surface area contributed by atoms with Gasteiger partial charge in [0.2, 0.25) is 0 Å². The minimum Gasteiger partial charge on any atom is -0.421 e. The molecule has 0 N–H and O–H groups in total. The minimum absolute atomic E-state index is 0.0628. The van der Waals surface area contributed by atoms with Gasteiger partial charge in [-0.25, -0.2) is 4.79 Å². The molecule has 1 rings (SSSR count). The van der Waals surface area contributed by atoms with Crippen LogP contribution in [-0.4, -0.2) is 19.0 Å². The Labute approximate surface area is 103 Å². The molecule has 1 aromatic carbocycles. The van der Waals surface area contributed by atoms with E-state index in [2.05, 4.69) is 20.8 Å². The SMILES string of the molecule is CC(C)(C)c1ccc(OC(=O)P(C)(C)=O)cc1. The first-order chi connectivity index (χ1) is 7.60. The van der Waals surface area contributed by atoms with E-state index in [4.69, 9.17) is 4.74 Å². The molecule has 0 bridgehead atoms. The monoisotopic (exact) mass is 254 g/mol. The molecule has 0 aliphatic heterocycles. The molecule has 17 heavy (non-hydrogen) atoms. The molecule has 0 radical (unpaired) electrons. The second-order valence-corrected chi connectivity index (χ2v) is 8.56. The van der Waals surface area contributed by atoms with Crippen molar-refractivity contribution in [2.45, 2.75) is 26.2 Å². The first-order valence-corrected chi connectivity index (χ1v) is 8.09. The van der Waals surface area contributed by atoms with Crippen LogP contribution in [0.2, 0.25) is 0 Å². The van der Waals surface area contributed by atoms with Gasteiger partial charge in [0, 0.05) is 0 Å². The molecule has 0 fully saturated rings. The molecule has 0 atom stereocenters. The predicted molar refractivity (Wildman–Crippen MR) is 70.6 cm³/mol. The van der Waals surface area contributed by atoms with Gasteiger partial charge in [0.05, 0.1) is 0 Å². The van der Waals surface area contributed by atoms with E-state index in [1.54, 1.807) is 12.1 Å². The van der Waals surface area contributed by atoms with E-state index in [1.807, 2.05) is 12.1 Å². The number of hydrogen-bond donors (Lipinski definition) is 0. The Morgan fingerprint density at radius 3 is 1.94 bits per heavy atom. The second-order valence-electron chi connectivity index (χ2n) is 5.49. The lowest BCUT2D eigenvalue weighted by Gasteiger charge is -2.19. The van der Waals surface area contributed by atoms with Gasteiger partial charge < -0.3 is 9.30 Å². The van der Waals surface area contributed by atoms with Crippen LogP contribution < -0.4 is 4.74 Å². The third-order valence-corrected chi connectivity index (χ3v) is 3.34. The summed E-state index contributed by atoms with van der Waals surface area (Å²) in [4.78, 5) is 11.4. The number of rotatable bonds is 2.